The van der Waals surface area contributed by atoms with Gasteiger partial charge in [-0.2, -0.15) is 5.26 Å². The average molecular weight is 266 g/mol. The summed E-state index contributed by atoms with van der Waals surface area (Å²) in [5.41, 5.74) is 0.187. The van der Waals surface area contributed by atoms with Crippen LogP contribution in [-0.4, -0.2) is 0 Å². The van der Waals surface area contributed by atoms with Crippen LogP contribution in [0.4, 0.5) is 8.78 Å². The van der Waals surface area contributed by atoms with Crippen molar-refractivity contribution in [3.63, 3.8) is 0 Å². The van der Waals surface area contributed by atoms with Crippen LogP contribution in [0.25, 0.3) is 0 Å². The summed E-state index contributed by atoms with van der Waals surface area (Å²) in [5.74, 6) is -1.34. The van der Waals surface area contributed by atoms with Gasteiger partial charge in [0.1, 0.15) is 29.2 Å². The number of rotatable bonds is 2. The van der Waals surface area contributed by atoms with Crippen LogP contribution < -0.4 is 4.74 Å². The van der Waals surface area contributed by atoms with Gasteiger partial charge in [0.15, 0.2) is 0 Å². The molecule has 0 bridgehead atoms. The summed E-state index contributed by atoms with van der Waals surface area (Å²) in [4.78, 5) is 0. The molecule has 0 atom stereocenters. The Morgan fingerprint density at radius 3 is 2.33 bits per heavy atom. The van der Waals surface area contributed by atoms with Gasteiger partial charge in [-0.3, -0.25) is 0 Å². The van der Waals surface area contributed by atoms with E-state index in [-0.39, 0.29) is 17.1 Å². The number of nitriles is 1. The first-order valence-corrected chi connectivity index (χ1v) is 5.30. The molecule has 0 saturated carbocycles. The molecule has 2 nitrogen and oxygen atoms in total. The molecule has 5 heteroatoms. The van der Waals surface area contributed by atoms with E-state index in [1.54, 1.807) is 0 Å². The van der Waals surface area contributed by atoms with Crippen LogP contribution in [0.1, 0.15) is 5.56 Å². The lowest BCUT2D eigenvalue weighted by Gasteiger charge is -2.07. The lowest BCUT2D eigenvalue weighted by Crippen LogP contribution is -1.90. The molecule has 2 rings (SSSR count). The van der Waals surface area contributed by atoms with Gasteiger partial charge in [0, 0.05) is 23.2 Å². The number of ether oxygens (including phenoxy) is 1. The van der Waals surface area contributed by atoms with Crippen molar-refractivity contribution in [3.8, 4) is 17.6 Å². The number of hydrogen-bond donors (Lipinski definition) is 0. The Hall–Kier alpha value is -2.12. The minimum atomic E-state index is -0.752. The molecule has 90 valence electrons. The summed E-state index contributed by atoms with van der Waals surface area (Å²) in [7, 11) is 0. The van der Waals surface area contributed by atoms with Crippen molar-refractivity contribution >= 4 is 11.6 Å². The Bertz CT molecular complexity index is 617. The average Bonchev–Trinajstić information content (AvgIpc) is 2.30. The van der Waals surface area contributed by atoms with Gasteiger partial charge >= 0.3 is 0 Å². The maximum Gasteiger partial charge on any atom is 0.145 e. The van der Waals surface area contributed by atoms with Crippen LogP contribution in [0.15, 0.2) is 36.4 Å². The summed E-state index contributed by atoms with van der Waals surface area (Å²) >= 11 is 5.72. The standard InChI is InChI=1S/C13H6ClF2NO/c14-9-1-2-13(8(3-9)7-17)18-12-5-10(15)4-11(16)6-12/h1-6H. The molecule has 0 heterocycles. The van der Waals surface area contributed by atoms with Crippen LogP contribution in [0.3, 0.4) is 0 Å². The number of hydrogen-bond acceptors (Lipinski definition) is 2. The molecule has 2 aromatic carbocycles. The fraction of sp³-hybridized carbons (Fsp3) is 0. The molecule has 0 aliphatic carbocycles. The van der Waals surface area contributed by atoms with Crippen molar-refractivity contribution in [1.29, 1.82) is 5.26 Å². The highest BCUT2D eigenvalue weighted by atomic mass is 35.5. The number of halogens is 3. The van der Waals surface area contributed by atoms with Crippen molar-refractivity contribution in [2.45, 2.75) is 0 Å². The second-order valence-electron chi connectivity index (χ2n) is 3.46. The first-order chi connectivity index (χ1) is 8.58. The summed E-state index contributed by atoms with van der Waals surface area (Å²) in [6.07, 6.45) is 0. The van der Waals surface area contributed by atoms with E-state index in [0.717, 1.165) is 18.2 Å². The predicted octanol–water partition coefficient (Wildman–Crippen LogP) is 4.28. The van der Waals surface area contributed by atoms with E-state index in [2.05, 4.69) is 0 Å². The van der Waals surface area contributed by atoms with Crippen LogP contribution >= 0.6 is 11.6 Å². The van der Waals surface area contributed by atoms with Gasteiger partial charge in [-0.25, -0.2) is 8.78 Å². The first-order valence-electron chi connectivity index (χ1n) is 4.92. The van der Waals surface area contributed by atoms with Gasteiger partial charge in [-0.15, -0.1) is 0 Å². The summed E-state index contributed by atoms with van der Waals surface area (Å²) in [6, 6.07) is 9.07. The van der Waals surface area contributed by atoms with Crippen molar-refractivity contribution in [2.24, 2.45) is 0 Å². The minimum absolute atomic E-state index is 0.0219. The highest BCUT2D eigenvalue weighted by molar-refractivity contribution is 6.30. The van der Waals surface area contributed by atoms with E-state index in [4.69, 9.17) is 21.6 Å². The van der Waals surface area contributed by atoms with Gasteiger partial charge in [0.05, 0.1) is 5.56 Å². The highest BCUT2D eigenvalue weighted by Gasteiger charge is 2.07. The van der Waals surface area contributed by atoms with E-state index in [1.165, 1.54) is 18.2 Å². The second kappa shape index (κ2) is 5.03. The van der Waals surface area contributed by atoms with Crippen molar-refractivity contribution in [2.75, 3.05) is 0 Å². The SMILES string of the molecule is N#Cc1cc(Cl)ccc1Oc1cc(F)cc(F)c1. The topological polar surface area (TPSA) is 33.0 Å². The Balaban J connectivity index is 2.37. The molecule has 0 aliphatic heterocycles. The van der Waals surface area contributed by atoms with Crippen LogP contribution in [0.2, 0.25) is 5.02 Å². The first kappa shape index (κ1) is 12.3. The van der Waals surface area contributed by atoms with E-state index in [0.29, 0.717) is 5.02 Å². The maximum atomic E-state index is 13.0. The molecule has 0 spiro atoms. The van der Waals surface area contributed by atoms with Crippen molar-refractivity contribution in [3.05, 3.63) is 58.6 Å². The van der Waals surface area contributed by atoms with Gasteiger partial charge in [-0.1, -0.05) is 11.6 Å². The molecule has 0 amide bonds. The lowest BCUT2D eigenvalue weighted by molar-refractivity contribution is 0.467. The molecule has 0 aliphatic rings. The molecular weight excluding hydrogens is 260 g/mol. The smallest absolute Gasteiger partial charge is 0.145 e. The summed E-state index contributed by atoms with van der Waals surface area (Å²) in [6.45, 7) is 0. The number of benzene rings is 2. The molecule has 18 heavy (non-hydrogen) atoms. The predicted molar refractivity (Wildman–Crippen MR) is 62.6 cm³/mol. The Morgan fingerprint density at radius 2 is 1.72 bits per heavy atom. The lowest BCUT2D eigenvalue weighted by atomic mass is 10.2. The van der Waals surface area contributed by atoms with E-state index >= 15 is 0 Å². The second-order valence-corrected chi connectivity index (χ2v) is 3.90. The Labute approximate surface area is 107 Å². The van der Waals surface area contributed by atoms with Gasteiger partial charge < -0.3 is 4.74 Å². The van der Waals surface area contributed by atoms with Crippen molar-refractivity contribution < 1.29 is 13.5 Å². The molecule has 0 aromatic heterocycles. The molecule has 2 aromatic rings. The fourth-order valence-electron chi connectivity index (χ4n) is 1.39. The number of nitrogens with zero attached hydrogens (tertiary/aromatic N) is 1. The monoisotopic (exact) mass is 265 g/mol. The third-order valence-corrected chi connectivity index (χ3v) is 2.36. The third kappa shape index (κ3) is 2.76. The van der Waals surface area contributed by atoms with Crippen LogP contribution in [0, 0.1) is 23.0 Å². The molecule has 0 radical (unpaired) electrons. The van der Waals surface area contributed by atoms with Gasteiger partial charge in [0.25, 0.3) is 0 Å². The molecule has 0 saturated heterocycles. The largest absolute Gasteiger partial charge is 0.456 e. The third-order valence-electron chi connectivity index (χ3n) is 2.13. The minimum Gasteiger partial charge on any atom is -0.456 e. The molecule has 0 N–H and O–H groups in total. The Morgan fingerprint density at radius 1 is 1.06 bits per heavy atom. The molecular formula is C13H6ClF2NO. The van der Waals surface area contributed by atoms with Crippen LogP contribution in [-0.2, 0) is 0 Å². The van der Waals surface area contributed by atoms with E-state index < -0.39 is 11.6 Å². The fourth-order valence-corrected chi connectivity index (χ4v) is 1.57. The normalized spacial score (nSPS) is 9.89. The van der Waals surface area contributed by atoms with Crippen LogP contribution in [0.5, 0.6) is 11.5 Å². The summed E-state index contributed by atoms with van der Waals surface area (Å²) in [5, 5.41) is 9.27. The maximum absolute atomic E-state index is 13.0. The van der Waals surface area contributed by atoms with E-state index in [1.807, 2.05) is 6.07 Å². The van der Waals surface area contributed by atoms with Gasteiger partial charge in [0.2, 0.25) is 0 Å². The van der Waals surface area contributed by atoms with Gasteiger partial charge in [-0.05, 0) is 18.2 Å². The summed E-state index contributed by atoms with van der Waals surface area (Å²) < 4.78 is 31.2. The zero-order chi connectivity index (χ0) is 13.1. The Kier molecular flexibility index (Phi) is 3.45. The quantitative estimate of drug-likeness (QED) is 0.812. The highest BCUT2D eigenvalue weighted by Crippen LogP contribution is 2.28. The zero-order valence-electron chi connectivity index (χ0n) is 8.95. The molecule has 0 unspecified atom stereocenters. The van der Waals surface area contributed by atoms with Crippen molar-refractivity contribution in [1.82, 2.24) is 0 Å². The van der Waals surface area contributed by atoms with E-state index in [9.17, 15) is 8.78 Å². The molecule has 0 fully saturated rings. The zero-order valence-corrected chi connectivity index (χ0v) is 9.71.